The van der Waals surface area contributed by atoms with Crippen molar-refractivity contribution >= 4 is 96.2 Å². The average Bonchev–Trinajstić information content (AvgIpc) is 2.17. The van der Waals surface area contributed by atoms with Crippen molar-refractivity contribution in [2.24, 2.45) is 0 Å². The fourth-order valence-electron chi connectivity index (χ4n) is 0.457. The van der Waals surface area contributed by atoms with Crippen LogP contribution in [0, 0.1) is 0 Å². The first kappa shape index (κ1) is 21.9. The minimum absolute atomic E-state index is 0.0680. The van der Waals surface area contributed by atoms with Gasteiger partial charge in [0.1, 0.15) is 0 Å². The van der Waals surface area contributed by atoms with Gasteiger partial charge in [0.05, 0.1) is 0 Å². The Labute approximate surface area is 148 Å². The summed E-state index contributed by atoms with van der Waals surface area (Å²) < 4.78 is 0. The number of hydrogen-bond acceptors (Lipinski definition) is 1. The molecule has 0 aliphatic heterocycles. The predicted octanol–water partition coefficient (Wildman–Crippen LogP) is 3.24. The summed E-state index contributed by atoms with van der Waals surface area (Å²) in [7, 11) is -0.491. The van der Waals surface area contributed by atoms with Gasteiger partial charge in [0, 0.05) is 13.5 Å². The Bertz CT molecular complexity index is 156. The number of hydrogen-bond donors (Lipinski definition) is 1. The topological polar surface area (TPSA) is 29.1 Å². The fourth-order valence-corrected chi connectivity index (χ4v) is 210. The van der Waals surface area contributed by atoms with E-state index in [1.165, 1.54) is 6.92 Å². The van der Waals surface area contributed by atoms with Crippen LogP contribution in [0.2, 0.25) is 0 Å². The summed E-state index contributed by atoms with van der Waals surface area (Å²) in [6, 6.07) is 0. The molecule has 0 radical (unpaired) electrons. The summed E-state index contributed by atoms with van der Waals surface area (Å²) in [5.41, 5.74) is 0. The number of rotatable bonds is 5. The van der Waals surface area contributed by atoms with E-state index in [4.69, 9.17) is 0 Å². The van der Waals surface area contributed by atoms with Crippen molar-refractivity contribution in [2.75, 3.05) is 6.54 Å². The molecule has 0 rings (SSSR count). The molecule has 0 fully saturated rings. The van der Waals surface area contributed by atoms with E-state index in [0.717, 1.165) is 19.4 Å². The number of nitrogens with one attached hydrogen (secondary N) is 1. The molecule has 1 amide bonds. The number of halogens is 7. The minimum atomic E-state index is -0.285. The van der Waals surface area contributed by atoms with E-state index in [1.807, 2.05) is 0 Å². The molecule has 98 valence electrons. The summed E-state index contributed by atoms with van der Waals surface area (Å²) in [6.07, 6.45) is 2.22. The predicted molar refractivity (Wildman–Crippen MR) is 118 cm³/mol. The Morgan fingerprint density at radius 3 is 2.13 bits per heavy atom. The summed E-state index contributed by atoms with van der Waals surface area (Å²) in [4.78, 5) is 10.2. The third kappa shape index (κ3) is 21.0. The van der Waals surface area contributed by atoms with Gasteiger partial charge in [-0.1, -0.05) is 13.3 Å². The van der Waals surface area contributed by atoms with E-state index in [2.05, 4.69) is 86.7 Å². The molecular weight excluding hydrogens is 990 g/mol. The van der Waals surface area contributed by atoms with E-state index in [0.29, 0.717) is 13.3 Å². The Kier molecular flexibility index (Phi) is 24.3. The molecule has 0 saturated carbocycles. The summed E-state index contributed by atoms with van der Waals surface area (Å²) in [6.45, 7) is 4.46. The Balaban J connectivity index is 0. The molecular formula is C6H13I7NO-. The van der Waals surface area contributed by atoms with Gasteiger partial charge in [0.15, 0.2) is 0 Å². The van der Waals surface area contributed by atoms with E-state index >= 15 is 0 Å². The molecule has 0 aliphatic rings. The van der Waals surface area contributed by atoms with Crippen LogP contribution in [-0.2, 0) is 4.79 Å². The molecule has 0 spiro atoms. The van der Waals surface area contributed by atoms with E-state index in [9.17, 15) is 4.79 Å². The second kappa shape index (κ2) is 16.6. The molecule has 0 unspecified atom stereocenters. The molecule has 0 aromatic rings. The van der Waals surface area contributed by atoms with Crippen molar-refractivity contribution in [3.8, 4) is 0 Å². The van der Waals surface area contributed by atoms with Crippen LogP contribution in [0.5, 0.6) is 0 Å². The van der Waals surface area contributed by atoms with Gasteiger partial charge in [-0.3, -0.25) is 4.79 Å². The second-order valence-corrected chi connectivity index (χ2v) is 116. The zero-order chi connectivity index (χ0) is 12.3. The van der Waals surface area contributed by atoms with Gasteiger partial charge in [-0.05, 0) is 6.42 Å². The molecule has 9 heteroatoms. The molecule has 0 aromatic heterocycles. The van der Waals surface area contributed by atoms with Crippen molar-refractivity contribution < 1.29 is 18.0 Å². The third-order valence-corrected chi connectivity index (χ3v) is 249. The van der Waals surface area contributed by atoms with E-state index in [1.54, 1.807) is 0 Å². The van der Waals surface area contributed by atoms with Crippen LogP contribution in [0.3, 0.4) is 0 Å². The van der Waals surface area contributed by atoms with Crippen LogP contribution in [0.1, 0.15) is 26.7 Å². The van der Waals surface area contributed by atoms with Crippen LogP contribution in [0.25, 0.3) is 0 Å². The first-order valence-corrected chi connectivity index (χ1v) is 41.6. The molecule has 0 bridgehead atoms. The first-order valence-electron chi connectivity index (χ1n) is 3.87. The molecule has 0 saturated heterocycles. The van der Waals surface area contributed by atoms with Crippen molar-refractivity contribution in [3.05, 3.63) is 0 Å². The average molecular weight is 1000 g/mol. The van der Waals surface area contributed by atoms with Gasteiger partial charge < -0.3 is 5.32 Å². The molecule has 0 heterocycles. The zero-order valence-corrected chi connectivity index (χ0v) is 23.3. The molecule has 15 heavy (non-hydrogen) atoms. The van der Waals surface area contributed by atoms with Gasteiger partial charge in [-0.15, -0.1) is 0 Å². The van der Waals surface area contributed by atoms with Crippen molar-refractivity contribution in [3.63, 3.8) is 0 Å². The Morgan fingerprint density at radius 1 is 1.40 bits per heavy atom. The van der Waals surface area contributed by atoms with Gasteiger partial charge in [0.2, 0.25) is 5.91 Å². The standard InChI is InChI=1S/C6H13NO.I7/c1-3-4-5-7-6(2)8;1-5-7(4)6(2)3/h3-5H2,1-2H3,(H,7,8);/q;-1. The molecule has 0 atom stereocenters. The monoisotopic (exact) mass is 1000 g/mol. The summed E-state index contributed by atoms with van der Waals surface area (Å²) in [5.74, 6) is 0.0680. The van der Waals surface area contributed by atoms with Crippen LogP contribution in [0.15, 0.2) is 0 Å². The maximum absolute atomic E-state index is 10.2. The number of amides is 1. The third-order valence-electron chi connectivity index (χ3n) is 1.03. The van der Waals surface area contributed by atoms with Crippen LogP contribution >= 0.6 is 90.3 Å². The number of carbonyl (C=O) groups is 1. The van der Waals surface area contributed by atoms with Crippen molar-refractivity contribution in [2.45, 2.75) is 26.7 Å². The van der Waals surface area contributed by atoms with Crippen LogP contribution in [-0.4, -0.2) is 12.5 Å². The van der Waals surface area contributed by atoms with E-state index in [-0.39, 0.29) is 21.7 Å². The quantitative estimate of drug-likeness (QED) is 0.333. The number of unbranched alkanes of at least 4 members (excludes halogenated alkanes) is 1. The first-order chi connectivity index (χ1) is 6.95. The van der Waals surface area contributed by atoms with E-state index < -0.39 is 0 Å². The van der Waals surface area contributed by atoms with Gasteiger partial charge in [0.25, 0.3) is 0 Å². The zero-order valence-electron chi connectivity index (χ0n) is 8.18. The fraction of sp³-hybridized carbons (Fsp3) is 0.833. The molecule has 2 nitrogen and oxygen atoms in total. The van der Waals surface area contributed by atoms with Gasteiger partial charge >= 0.3 is 104 Å². The van der Waals surface area contributed by atoms with Crippen LogP contribution < -0.4 is 18.6 Å². The Hall–Kier alpha value is 4.58. The van der Waals surface area contributed by atoms with Crippen LogP contribution in [0.4, 0.5) is 0 Å². The summed E-state index contributed by atoms with van der Waals surface area (Å²) >= 11 is 11.4. The van der Waals surface area contributed by atoms with Crippen molar-refractivity contribution in [1.82, 2.24) is 5.32 Å². The Morgan fingerprint density at radius 2 is 1.93 bits per heavy atom. The number of carbonyl (C=O) groups excluding carboxylic acids is 1. The normalized spacial score (nSPS) is 11.3. The summed E-state index contributed by atoms with van der Waals surface area (Å²) in [5, 5.41) is 2.71. The van der Waals surface area contributed by atoms with Gasteiger partial charge in [-0.2, -0.15) is 0 Å². The van der Waals surface area contributed by atoms with Gasteiger partial charge in [-0.25, -0.2) is 0 Å². The van der Waals surface area contributed by atoms with Crippen molar-refractivity contribution in [1.29, 1.82) is 0 Å². The second-order valence-electron chi connectivity index (χ2n) is 2.21. The molecule has 0 aromatic carbocycles. The maximum atomic E-state index is 10.2. The molecule has 0 aliphatic carbocycles. The molecule has 1 N–H and O–H groups in total. The SMILES string of the molecule is CCCCNC(C)=O.I[I-]I(I)I(I)I.